The van der Waals surface area contributed by atoms with Crippen LogP contribution >= 0.6 is 0 Å². The number of amides is 2. The van der Waals surface area contributed by atoms with Gasteiger partial charge in [0.2, 0.25) is 5.91 Å². The lowest BCUT2D eigenvalue weighted by molar-refractivity contribution is -0.860. The van der Waals surface area contributed by atoms with Gasteiger partial charge in [-0.25, -0.2) is 0 Å². The van der Waals surface area contributed by atoms with Gasteiger partial charge in [0.15, 0.2) is 0 Å². The van der Waals surface area contributed by atoms with Gasteiger partial charge in [0, 0.05) is 5.56 Å². The summed E-state index contributed by atoms with van der Waals surface area (Å²) in [5.74, 6) is -0.440. The van der Waals surface area contributed by atoms with Crippen molar-refractivity contribution in [2.75, 3.05) is 27.2 Å². The highest BCUT2D eigenvalue weighted by molar-refractivity contribution is 5.96. The van der Waals surface area contributed by atoms with Crippen LogP contribution in [0, 0.1) is 6.92 Å². The van der Waals surface area contributed by atoms with Gasteiger partial charge in [-0.2, -0.15) is 0 Å². The summed E-state index contributed by atoms with van der Waals surface area (Å²) >= 11 is 0. The molecule has 2 rings (SSSR count). The Hall–Kier alpha value is -2.66. The molecular weight excluding hydrogens is 314 g/mol. The molecule has 0 heterocycles. The Morgan fingerprint density at radius 2 is 1.76 bits per heavy atom. The fourth-order valence-corrected chi connectivity index (χ4v) is 2.64. The number of aryl methyl sites for hydroxylation is 1. The summed E-state index contributed by atoms with van der Waals surface area (Å²) in [6, 6.07) is 17.1. The fraction of sp³-hybridized carbons (Fsp3) is 0.300. The number of hydrogen-bond acceptors (Lipinski definition) is 2. The molecule has 0 spiro atoms. The molecule has 3 N–H and O–H groups in total. The first-order valence-corrected chi connectivity index (χ1v) is 8.44. The lowest BCUT2D eigenvalue weighted by atomic mass is 10.1. The Labute approximate surface area is 149 Å². The molecule has 0 aliphatic carbocycles. The van der Waals surface area contributed by atoms with E-state index >= 15 is 0 Å². The van der Waals surface area contributed by atoms with E-state index in [9.17, 15) is 9.59 Å². The lowest BCUT2D eigenvalue weighted by Gasteiger charge is -2.21. The maximum atomic E-state index is 12.3. The van der Waals surface area contributed by atoms with Crippen molar-refractivity contribution in [3.05, 3.63) is 71.3 Å². The van der Waals surface area contributed by atoms with Gasteiger partial charge in [-0.1, -0.05) is 48.0 Å². The van der Waals surface area contributed by atoms with E-state index in [1.54, 1.807) is 12.1 Å². The standard InChI is InChI=1S/C20H25N3O2/c1-15-8-7-11-17(12-15)20(25)21-13-19(24)22-18(14-23(2)3)16-9-5-4-6-10-16/h4-12,18H,13-14H2,1-3H3,(H,21,25)(H,22,24)/p+1/t18-/m1/s1. The molecule has 0 saturated heterocycles. The molecule has 0 aliphatic heterocycles. The maximum Gasteiger partial charge on any atom is 0.251 e. The van der Waals surface area contributed by atoms with Crippen LogP contribution in [0.1, 0.15) is 27.5 Å². The summed E-state index contributed by atoms with van der Waals surface area (Å²) in [5, 5.41) is 5.69. The van der Waals surface area contributed by atoms with Crippen molar-refractivity contribution < 1.29 is 14.5 Å². The molecule has 0 radical (unpaired) electrons. The fourth-order valence-electron chi connectivity index (χ4n) is 2.64. The summed E-state index contributed by atoms with van der Waals surface area (Å²) in [4.78, 5) is 25.6. The normalized spacial score (nSPS) is 11.8. The molecule has 0 aromatic heterocycles. The summed E-state index contributed by atoms with van der Waals surface area (Å²) in [6.07, 6.45) is 0. The topological polar surface area (TPSA) is 62.6 Å². The molecule has 132 valence electrons. The van der Waals surface area contributed by atoms with Crippen molar-refractivity contribution in [1.82, 2.24) is 10.6 Å². The zero-order chi connectivity index (χ0) is 18.2. The van der Waals surface area contributed by atoms with Crippen LogP contribution in [0.3, 0.4) is 0 Å². The minimum Gasteiger partial charge on any atom is -0.343 e. The molecule has 0 fully saturated rings. The number of carbonyl (C=O) groups excluding carboxylic acids is 2. The van der Waals surface area contributed by atoms with Crippen LogP contribution < -0.4 is 15.5 Å². The summed E-state index contributed by atoms with van der Waals surface area (Å²) in [5.41, 5.74) is 2.63. The van der Waals surface area contributed by atoms with Gasteiger partial charge in [-0.3, -0.25) is 9.59 Å². The van der Waals surface area contributed by atoms with E-state index in [0.717, 1.165) is 17.7 Å². The third-order valence-electron chi connectivity index (χ3n) is 3.84. The largest absolute Gasteiger partial charge is 0.343 e. The van der Waals surface area contributed by atoms with E-state index in [1.165, 1.54) is 4.90 Å². The third kappa shape index (κ3) is 6.04. The quantitative estimate of drug-likeness (QED) is 0.696. The summed E-state index contributed by atoms with van der Waals surface area (Å²) in [6.45, 7) is 2.65. The highest BCUT2D eigenvalue weighted by atomic mass is 16.2. The Morgan fingerprint density at radius 3 is 2.40 bits per heavy atom. The highest BCUT2D eigenvalue weighted by Crippen LogP contribution is 2.10. The van der Waals surface area contributed by atoms with Crippen molar-refractivity contribution in [2.45, 2.75) is 13.0 Å². The van der Waals surface area contributed by atoms with Crippen molar-refractivity contribution >= 4 is 11.8 Å². The molecule has 5 nitrogen and oxygen atoms in total. The van der Waals surface area contributed by atoms with Crippen molar-refractivity contribution in [3.8, 4) is 0 Å². The van der Waals surface area contributed by atoms with Gasteiger partial charge in [0.25, 0.3) is 5.91 Å². The van der Waals surface area contributed by atoms with Gasteiger partial charge in [0.05, 0.1) is 20.6 Å². The van der Waals surface area contributed by atoms with Crippen LogP contribution in [0.15, 0.2) is 54.6 Å². The molecule has 0 bridgehead atoms. The third-order valence-corrected chi connectivity index (χ3v) is 3.84. The van der Waals surface area contributed by atoms with Gasteiger partial charge < -0.3 is 15.5 Å². The van der Waals surface area contributed by atoms with Crippen LogP contribution in [-0.2, 0) is 4.79 Å². The Morgan fingerprint density at radius 1 is 1.04 bits per heavy atom. The summed E-state index contributed by atoms with van der Waals surface area (Å²) < 4.78 is 0. The minimum atomic E-state index is -0.242. The van der Waals surface area contributed by atoms with Gasteiger partial charge in [-0.15, -0.1) is 0 Å². The molecule has 25 heavy (non-hydrogen) atoms. The second-order valence-electron chi connectivity index (χ2n) is 6.49. The molecule has 0 aliphatic rings. The minimum absolute atomic E-state index is 0.0428. The average molecular weight is 340 g/mol. The van der Waals surface area contributed by atoms with E-state index in [4.69, 9.17) is 0 Å². The zero-order valence-corrected chi connectivity index (χ0v) is 15.0. The average Bonchev–Trinajstić information content (AvgIpc) is 2.59. The number of carbonyl (C=O) groups is 2. The Bertz CT molecular complexity index is 714. The Balaban J connectivity index is 1.93. The van der Waals surface area contributed by atoms with Crippen molar-refractivity contribution in [2.24, 2.45) is 0 Å². The van der Waals surface area contributed by atoms with Gasteiger partial charge >= 0.3 is 0 Å². The monoisotopic (exact) mass is 340 g/mol. The van der Waals surface area contributed by atoms with E-state index < -0.39 is 0 Å². The molecule has 5 heteroatoms. The Kier molecular flexibility index (Phi) is 6.71. The zero-order valence-electron chi connectivity index (χ0n) is 15.0. The number of quaternary nitrogens is 1. The first-order valence-electron chi connectivity index (χ1n) is 8.44. The molecule has 2 aromatic rings. The molecular formula is C20H26N3O2+. The lowest BCUT2D eigenvalue weighted by Crippen LogP contribution is -3.06. The molecule has 1 atom stereocenters. The van der Waals surface area contributed by atoms with Crippen molar-refractivity contribution in [3.63, 3.8) is 0 Å². The van der Waals surface area contributed by atoms with Gasteiger partial charge in [-0.05, 0) is 24.6 Å². The predicted octanol–water partition coefficient (Wildman–Crippen LogP) is 0.727. The second kappa shape index (κ2) is 8.99. The maximum absolute atomic E-state index is 12.3. The SMILES string of the molecule is Cc1cccc(C(=O)NCC(=O)N[C@H](C[NH+](C)C)c2ccccc2)c1. The van der Waals surface area contributed by atoms with E-state index in [1.807, 2.05) is 63.5 Å². The molecule has 0 saturated carbocycles. The summed E-state index contributed by atoms with van der Waals surface area (Å²) in [7, 11) is 4.09. The first-order chi connectivity index (χ1) is 12.0. The van der Waals surface area contributed by atoms with Gasteiger partial charge in [0.1, 0.15) is 12.6 Å². The second-order valence-corrected chi connectivity index (χ2v) is 6.49. The smallest absolute Gasteiger partial charge is 0.251 e. The molecule has 0 unspecified atom stereocenters. The van der Waals surface area contributed by atoms with Crippen LogP contribution in [0.25, 0.3) is 0 Å². The van der Waals surface area contributed by atoms with E-state index in [0.29, 0.717) is 5.56 Å². The van der Waals surface area contributed by atoms with E-state index in [-0.39, 0.29) is 24.4 Å². The van der Waals surface area contributed by atoms with Crippen LogP contribution in [0.5, 0.6) is 0 Å². The highest BCUT2D eigenvalue weighted by Gasteiger charge is 2.18. The predicted molar refractivity (Wildman–Crippen MR) is 98.5 cm³/mol. The number of benzene rings is 2. The first kappa shape index (κ1) is 18.7. The van der Waals surface area contributed by atoms with Crippen LogP contribution in [0.4, 0.5) is 0 Å². The number of likely N-dealkylation sites (N-methyl/N-ethyl adjacent to an activating group) is 1. The van der Waals surface area contributed by atoms with E-state index in [2.05, 4.69) is 10.6 Å². The van der Waals surface area contributed by atoms with Crippen LogP contribution in [-0.4, -0.2) is 39.0 Å². The van der Waals surface area contributed by atoms with Crippen LogP contribution in [0.2, 0.25) is 0 Å². The molecule has 2 aromatic carbocycles. The molecule has 2 amide bonds. The van der Waals surface area contributed by atoms with Crippen molar-refractivity contribution in [1.29, 1.82) is 0 Å². The number of hydrogen-bond donors (Lipinski definition) is 3. The number of nitrogens with one attached hydrogen (secondary N) is 3. The number of rotatable bonds is 7.